The molecule has 0 aliphatic heterocycles. The molecule has 0 atom stereocenters. The summed E-state index contributed by atoms with van der Waals surface area (Å²) in [6, 6.07) is 2.53. The van der Waals surface area contributed by atoms with E-state index in [-0.39, 0.29) is 0 Å². The second-order valence-corrected chi connectivity index (χ2v) is 10.7. The van der Waals surface area contributed by atoms with Crippen molar-refractivity contribution >= 4 is 0 Å². The summed E-state index contributed by atoms with van der Waals surface area (Å²) in [7, 11) is 0. The Hall–Kier alpha value is -0.850. The fourth-order valence-corrected chi connectivity index (χ4v) is 5.00. The third-order valence-corrected chi connectivity index (χ3v) is 7.19. The van der Waals surface area contributed by atoms with E-state index >= 15 is 0 Å². The van der Waals surface area contributed by atoms with Crippen molar-refractivity contribution in [1.29, 1.82) is 0 Å². The van der Waals surface area contributed by atoms with Gasteiger partial charge in [-0.05, 0) is 38.2 Å². The molecule has 0 unspecified atom stereocenters. The van der Waals surface area contributed by atoms with Crippen molar-refractivity contribution in [3.8, 4) is 0 Å². The molecule has 192 valence electrons. The van der Waals surface area contributed by atoms with Gasteiger partial charge >= 0.3 is 0 Å². The van der Waals surface area contributed by atoms with Crippen LogP contribution in [-0.4, -0.2) is 0 Å². The lowest BCUT2D eigenvalue weighted by Gasteiger charge is -2.07. The molecule has 0 saturated carbocycles. The SMILES string of the molecule is CCCCCCCCCCCc1cc(CCCCCCCCCCC)c[n+](CCCCC)c1. The highest BCUT2D eigenvalue weighted by Gasteiger charge is 2.08. The second-order valence-electron chi connectivity index (χ2n) is 10.7. The first-order valence-corrected chi connectivity index (χ1v) is 15.3. The number of pyridine rings is 1. The van der Waals surface area contributed by atoms with Gasteiger partial charge in [0.15, 0.2) is 12.4 Å². The predicted octanol–water partition coefficient (Wildman–Crippen LogP) is 10.3. The molecule has 0 N–H and O–H groups in total. The van der Waals surface area contributed by atoms with Gasteiger partial charge in [-0.15, -0.1) is 0 Å². The van der Waals surface area contributed by atoms with Crippen molar-refractivity contribution in [3.63, 3.8) is 0 Å². The third kappa shape index (κ3) is 18.2. The Morgan fingerprint density at radius 1 is 0.424 bits per heavy atom. The second kappa shape index (κ2) is 22.9. The Balaban J connectivity index is 2.33. The van der Waals surface area contributed by atoms with Crippen LogP contribution in [0, 0.1) is 0 Å². The van der Waals surface area contributed by atoms with E-state index in [1.165, 1.54) is 154 Å². The van der Waals surface area contributed by atoms with Gasteiger partial charge in [0.05, 0.1) is 0 Å². The standard InChI is InChI=1S/C32H60N/c1-4-7-10-12-14-16-18-20-22-25-31-28-32(30-33(29-31)27-24-9-6-3)26-23-21-19-17-15-13-11-8-5-2/h28-30H,4-27H2,1-3H3/q+1. The maximum absolute atomic E-state index is 2.53. The quantitative estimate of drug-likeness (QED) is 0.107. The van der Waals surface area contributed by atoms with E-state index < -0.39 is 0 Å². The van der Waals surface area contributed by atoms with Crippen molar-refractivity contribution in [3.05, 3.63) is 29.6 Å². The van der Waals surface area contributed by atoms with Crippen molar-refractivity contribution < 1.29 is 4.57 Å². The van der Waals surface area contributed by atoms with Crippen LogP contribution in [0.5, 0.6) is 0 Å². The highest BCUT2D eigenvalue weighted by molar-refractivity contribution is 5.15. The molecule has 1 aromatic heterocycles. The van der Waals surface area contributed by atoms with E-state index in [1.807, 2.05) is 0 Å². The lowest BCUT2D eigenvalue weighted by Crippen LogP contribution is -2.34. The maximum Gasteiger partial charge on any atom is 0.171 e. The molecule has 0 aliphatic rings. The Labute approximate surface area is 209 Å². The molecule has 0 saturated heterocycles. The van der Waals surface area contributed by atoms with E-state index in [9.17, 15) is 0 Å². The van der Waals surface area contributed by atoms with Gasteiger partial charge in [-0.2, -0.15) is 0 Å². The molecule has 1 rings (SSSR count). The lowest BCUT2D eigenvalue weighted by atomic mass is 10.0. The Bertz CT molecular complexity index is 495. The Morgan fingerprint density at radius 2 is 0.758 bits per heavy atom. The van der Waals surface area contributed by atoms with E-state index in [1.54, 1.807) is 11.1 Å². The van der Waals surface area contributed by atoms with Crippen LogP contribution in [0.15, 0.2) is 18.5 Å². The molecule has 0 radical (unpaired) electrons. The summed E-state index contributed by atoms with van der Waals surface area (Å²) in [4.78, 5) is 0. The van der Waals surface area contributed by atoms with Gasteiger partial charge in [-0.25, -0.2) is 4.57 Å². The summed E-state index contributed by atoms with van der Waals surface area (Å²) in [6.45, 7) is 8.11. The van der Waals surface area contributed by atoms with Crippen LogP contribution in [0.1, 0.15) is 167 Å². The third-order valence-electron chi connectivity index (χ3n) is 7.19. The highest BCUT2D eigenvalue weighted by Crippen LogP contribution is 2.15. The maximum atomic E-state index is 2.53. The van der Waals surface area contributed by atoms with Crippen LogP contribution in [0.4, 0.5) is 0 Å². The largest absolute Gasteiger partial charge is 0.205 e. The minimum atomic E-state index is 1.20. The fourth-order valence-electron chi connectivity index (χ4n) is 5.00. The van der Waals surface area contributed by atoms with Crippen LogP contribution in [-0.2, 0) is 19.4 Å². The molecular weight excluding hydrogens is 398 g/mol. The van der Waals surface area contributed by atoms with Crippen molar-refractivity contribution in [2.75, 3.05) is 0 Å². The molecule has 1 aromatic rings. The van der Waals surface area contributed by atoms with Gasteiger partial charge in [0.25, 0.3) is 0 Å². The van der Waals surface area contributed by atoms with E-state index in [4.69, 9.17) is 0 Å². The first-order valence-electron chi connectivity index (χ1n) is 15.3. The Morgan fingerprint density at radius 3 is 1.15 bits per heavy atom. The van der Waals surface area contributed by atoms with E-state index in [2.05, 4.69) is 43.8 Å². The summed E-state index contributed by atoms with van der Waals surface area (Å²) in [5.74, 6) is 0. The molecular formula is C32H60N+. The van der Waals surface area contributed by atoms with Crippen molar-refractivity contribution in [1.82, 2.24) is 0 Å². The molecule has 0 spiro atoms. The summed E-state index contributed by atoms with van der Waals surface area (Å²) >= 11 is 0. The van der Waals surface area contributed by atoms with Crippen molar-refractivity contribution in [2.45, 2.75) is 175 Å². The summed E-state index contributed by atoms with van der Waals surface area (Å²) in [6.07, 6.45) is 37.0. The smallest absolute Gasteiger partial charge is 0.171 e. The molecule has 1 nitrogen and oxygen atoms in total. The zero-order valence-electron chi connectivity index (χ0n) is 23.1. The number of rotatable bonds is 24. The van der Waals surface area contributed by atoms with Crippen LogP contribution in [0.3, 0.4) is 0 Å². The van der Waals surface area contributed by atoms with Crippen molar-refractivity contribution in [2.24, 2.45) is 0 Å². The number of aromatic nitrogens is 1. The number of hydrogen-bond acceptors (Lipinski definition) is 0. The van der Waals surface area contributed by atoms with Crippen LogP contribution >= 0.6 is 0 Å². The average Bonchev–Trinajstić information content (AvgIpc) is 2.82. The molecule has 33 heavy (non-hydrogen) atoms. The molecule has 1 heteroatoms. The number of hydrogen-bond donors (Lipinski definition) is 0. The average molecular weight is 459 g/mol. The summed E-state index contributed by atoms with van der Waals surface area (Å²) < 4.78 is 2.52. The molecule has 0 fully saturated rings. The molecule has 0 aromatic carbocycles. The molecule has 1 heterocycles. The van der Waals surface area contributed by atoms with Crippen LogP contribution in [0.2, 0.25) is 0 Å². The van der Waals surface area contributed by atoms with Gasteiger partial charge in [0.1, 0.15) is 6.54 Å². The predicted molar refractivity (Wildman–Crippen MR) is 148 cm³/mol. The highest BCUT2D eigenvalue weighted by atomic mass is 14.9. The molecule has 0 aliphatic carbocycles. The van der Waals surface area contributed by atoms with Crippen LogP contribution in [0.25, 0.3) is 0 Å². The van der Waals surface area contributed by atoms with Gasteiger partial charge in [-0.3, -0.25) is 0 Å². The molecule has 0 bridgehead atoms. The van der Waals surface area contributed by atoms with E-state index in [0.29, 0.717) is 0 Å². The summed E-state index contributed by atoms with van der Waals surface area (Å²) in [5, 5.41) is 0. The first-order chi connectivity index (χ1) is 16.3. The number of aryl methyl sites for hydroxylation is 3. The zero-order chi connectivity index (χ0) is 23.8. The minimum Gasteiger partial charge on any atom is -0.205 e. The topological polar surface area (TPSA) is 3.88 Å². The van der Waals surface area contributed by atoms with Gasteiger partial charge < -0.3 is 0 Å². The monoisotopic (exact) mass is 458 g/mol. The van der Waals surface area contributed by atoms with Gasteiger partial charge in [0, 0.05) is 17.5 Å². The number of unbranched alkanes of at least 4 members (excludes halogenated alkanes) is 18. The molecule has 0 amide bonds. The fraction of sp³-hybridized carbons (Fsp3) is 0.844. The summed E-state index contributed by atoms with van der Waals surface area (Å²) in [5.41, 5.74) is 3.17. The Kier molecular flexibility index (Phi) is 21.0. The normalized spacial score (nSPS) is 11.4. The van der Waals surface area contributed by atoms with Gasteiger partial charge in [-0.1, -0.05) is 130 Å². The van der Waals surface area contributed by atoms with Crippen LogP contribution < -0.4 is 4.57 Å². The first kappa shape index (κ1) is 30.2. The lowest BCUT2D eigenvalue weighted by molar-refractivity contribution is -0.698. The minimum absolute atomic E-state index is 1.20. The van der Waals surface area contributed by atoms with Gasteiger partial charge in [0.2, 0.25) is 0 Å². The van der Waals surface area contributed by atoms with E-state index in [0.717, 1.165) is 0 Å². The zero-order valence-corrected chi connectivity index (χ0v) is 23.1. The number of nitrogens with zero attached hydrogens (tertiary/aromatic N) is 1.